The number of rotatable bonds is 4. The van der Waals surface area contributed by atoms with Crippen LogP contribution in [0.4, 0.5) is 18.9 Å². The minimum absolute atomic E-state index is 0.195. The van der Waals surface area contributed by atoms with Gasteiger partial charge in [-0.05, 0) is 12.1 Å². The standard InChI is InChI=1S/C15H12BrClF3NO6/c1-24-13(22)8-5-26-6-21(11(8)14(23)25-2)12-9(17)3-7(16)4-10(12)27-15(18,19)20/h3-4H,5-6H2,1-2H3. The molecule has 2 rings (SSSR count). The molecule has 27 heavy (non-hydrogen) atoms. The highest BCUT2D eigenvalue weighted by Crippen LogP contribution is 2.43. The summed E-state index contributed by atoms with van der Waals surface area (Å²) in [5.74, 6) is -2.61. The van der Waals surface area contributed by atoms with Crippen LogP contribution < -0.4 is 9.64 Å². The van der Waals surface area contributed by atoms with E-state index in [1.54, 1.807) is 0 Å². The van der Waals surface area contributed by atoms with E-state index in [2.05, 4.69) is 30.1 Å². The molecule has 0 radical (unpaired) electrons. The maximum absolute atomic E-state index is 12.8. The van der Waals surface area contributed by atoms with Gasteiger partial charge in [0, 0.05) is 4.47 Å². The molecule has 0 saturated heterocycles. The Morgan fingerprint density at radius 3 is 2.41 bits per heavy atom. The van der Waals surface area contributed by atoms with E-state index < -0.39 is 24.1 Å². The Labute approximate surface area is 164 Å². The second kappa shape index (κ2) is 8.36. The van der Waals surface area contributed by atoms with Gasteiger partial charge in [0.15, 0.2) is 5.75 Å². The molecule has 0 aliphatic carbocycles. The average molecular weight is 475 g/mol. The number of carbonyl (C=O) groups excluding carboxylic acids is 2. The Kier molecular flexibility index (Phi) is 6.60. The lowest BCUT2D eigenvalue weighted by molar-refractivity contribution is -0.274. The topological polar surface area (TPSA) is 74.3 Å². The predicted octanol–water partition coefficient (Wildman–Crippen LogP) is 3.40. The molecule has 1 aromatic carbocycles. The Balaban J connectivity index is 2.71. The number of anilines is 1. The quantitative estimate of drug-likeness (QED) is 0.619. The third-order valence-corrected chi connectivity index (χ3v) is 4.07. The molecular weight excluding hydrogens is 463 g/mol. The summed E-state index contributed by atoms with van der Waals surface area (Å²) < 4.78 is 57.2. The molecule has 1 aliphatic heterocycles. The number of halogens is 5. The van der Waals surface area contributed by atoms with E-state index in [1.807, 2.05) is 0 Å². The summed E-state index contributed by atoms with van der Waals surface area (Å²) in [5.41, 5.74) is -0.946. The second-order valence-corrected chi connectivity index (χ2v) is 6.32. The average Bonchev–Trinajstić information content (AvgIpc) is 2.58. The minimum Gasteiger partial charge on any atom is -0.466 e. The predicted molar refractivity (Wildman–Crippen MR) is 90.2 cm³/mol. The molecule has 0 spiro atoms. The molecule has 0 amide bonds. The zero-order valence-electron chi connectivity index (χ0n) is 13.9. The number of carbonyl (C=O) groups is 2. The zero-order chi connectivity index (χ0) is 20.4. The van der Waals surface area contributed by atoms with Gasteiger partial charge in [0.2, 0.25) is 0 Å². The minimum atomic E-state index is -5.03. The third kappa shape index (κ3) is 4.85. The molecule has 1 aliphatic rings. The normalized spacial score (nSPS) is 14.9. The largest absolute Gasteiger partial charge is 0.573 e. The van der Waals surface area contributed by atoms with Gasteiger partial charge in [-0.15, -0.1) is 13.2 Å². The van der Waals surface area contributed by atoms with Crippen LogP contribution in [0.5, 0.6) is 5.75 Å². The smallest absolute Gasteiger partial charge is 0.466 e. The van der Waals surface area contributed by atoms with Gasteiger partial charge in [-0.3, -0.25) is 0 Å². The summed E-state index contributed by atoms with van der Waals surface area (Å²) in [5, 5.41) is -0.195. The van der Waals surface area contributed by atoms with E-state index in [0.717, 1.165) is 25.2 Å². The van der Waals surface area contributed by atoms with Crippen LogP contribution in [0, 0.1) is 0 Å². The van der Waals surface area contributed by atoms with Crippen LogP contribution in [-0.4, -0.2) is 45.9 Å². The zero-order valence-corrected chi connectivity index (χ0v) is 16.2. The Hall–Kier alpha value is -1.98. The molecule has 0 N–H and O–H groups in total. The summed E-state index contributed by atoms with van der Waals surface area (Å²) in [6, 6.07) is 2.30. The van der Waals surface area contributed by atoms with E-state index >= 15 is 0 Å². The maximum atomic E-state index is 12.8. The van der Waals surface area contributed by atoms with Crippen molar-refractivity contribution in [3.8, 4) is 5.75 Å². The summed E-state index contributed by atoms with van der Waals surface area (Å²) in [7, 11) is 2.13. The Morgan fingerprint density at radius 1 is 1.22 bits per heavy atom. The first-order chi connectivity index (χ1) is 12.6. The number of hydrogen-bond acceptors (Lipinski definition) is 7. The van der Waals surface area contributed by atoms with Gasteiger partial charge in [-0.25, -0.2) is 9.59 Å². The van der Waals surface area contributed by atoms with Crippen molar-refractivity contribution in [3.05, 3.63) is 32.9 Å². The van der Waals surface area contributed by atoms with Gasteiger partial charge in [0.05, 0.1) is 31.4 Å². The van der Waals surface area contributed by atoms with Crippen molar-refractivity contribution in [1.82, 2.24) is 0 Å². The van der Waals surface area contributed by atoms with Crippen molar-refractivity contribution in [2.45, 2.75) is 6.36 Å². The highest BCUT2D eigenvalue weighted by Gasteiger charge is 2.38. The molecule has 7 nitrogen and oxygen atoms in total. The summed E-state index contributed by atoms with van der Waals surface area (Å²) in [6.07, 6.45) is -5.03. The van der Waals surface area contributed by atoms with Crippen molar-refractivity contribution < 1.29 is 41.7 Å². The van der Waals surface area contributed by atoms with Crippen LogP contribution in [-0.2, 0) is 23.8 Å². The van der Waals surface area contributed by atoms with Crippen LogP contribution in [0.2, 0.25) is 5.02 Å². The Bertz CT molecular complexity index is 798. The van der Waals surface area contributed by atoms with E-state index in [1.165, 1.54) is 6.07 Å². The fourth-order valence-electron chi connectivity index (χ4n) is 2.33. The number of benzene rings is 1. The number of ether oxygens (including phenoxy) is 4. The molecular formula is C15H12BrClF3NO6. The molecule has 0 aromatic heterocycles. The highest BCUT2D eigenvalue weighted by molar-refractivity contribution is 9.10. The first kappa shape index (κ1) is 21.3. The third-order valence-electron chi connectivity index (χ3n) is 3.32. The fraction of sp³-hybridized carbons (Fsp3) is 0.333. The van der Waals surface area contributed by atoms with Crippen molar-refractivity contribution >= 4 is 45.2 Å². The molecule has 0 bridgehead atoms. The molecule has 0 unspecified atom stereocenters. The van der Waals surface area contributed by atoms with Crippen LogP contribution >= 0.6 is 27.5 Å². The van der Waals surface area contributed by atoms with Crippen molar-refractivity contribution in [2.75, 3.05) is 32.5 Å². The van der Waals surface area contributed by atoms with Crippen LogP contribution in [0.15, 0.2) is 27.9 Å². The van der Waals surface area contributed by atoms with Crippen molar-refractivity contribution in [1.29, 1.82) is 0 Å². The second-order valence-electron chi connectivity index (χ2n) is 5.00. The summed E-state index contributed by atoms with van der Waals surface area (Å²) in [6.45, 7) is -0.697. The number of methoxy groups -OCH3 is 2. The van der Waals surface area contributed by atoms with E-state index in [9.17, 15) is 22.8 Å². The van der Waals surface area contributed by atoms with Gasteiger partial charge in [0.1, 0.15) is 18.1 Å². The van der Waals surface area contributed by atoms with Gasteiger partial charge in [0.25, 0.3) is 0 Å². The van der Waals surface area contributed by atoms with E-state index in [0.29, 0.717) is 0 Å². The summed E-state index contributed by atoms with van der Waals surface area (Å²) >= 11 is 9.13. The van der Waals surface area contributed by atoms with Crippen molar-refractivity contribution in [2.24, 2.45) is 0 Å². The van der Waals surface area contributed by atoms with Crippen LogP contribution in [0.25, 0.3) is 0 Å². The van der Waals surface area contributed by atoms with Gasteiger partial charge in [-0.2, -0.15) is 0 Å². The molecule has 0 saturated carbocycles. The molecule has 0 fully saturated rings. The lowest BCUT2D eigenvalue weighted by atomic mass is 10.1. The molecule has 1 heterocycles. The van der Waals surface area contributed by atoms with Crippen LogP contribution in [0.3, 0.4) is 0 Å². The first-order valence-electron chi connectivity index (χ1n) is 7.09. The Morgan fingerprint density at radius 2 is 1.85 bits per heavy atom. The fourth-order valence-corrected chi connectivity index (χ4v) is 3.21. The number of nitrogens with zero attached hydrogens (tertiary/aromatic N) is 1. The van der Waals surface area contributed by atoms with E-state index in [-0.39, 0.29) is 39.8 Å². The van der Waals surface area contributed by atoms with Gasteiger partial charge >= 0.3 is 18.3 Å². The highest BCUT2D eigenvalue weighted by atomic mass is 79.9. The first-order valence-corrected chi connectivity index (χ1v) is 8.26. The lowest BCUT2D eigenvalue weighted by Gasteiger charge is -2.33. The van der Waals surface area contributed by atoms with E-state index in [4.69, 9.17) is 16.3 Å². The molecule has 12 heteroatoms. The number of esters is 2. The monoisotopic (exact) mass is 473 g/mol. The number of alkyl halides is 3. The van der Waals surface area contributed by atoms with Crippen LogP contribution in [0.1, 0.15) is 0 Å². The van der Waals surface area contributed by atoms with Crippen molar-refractivity contribution in [3.63, 3.8) is 0 Å². The van der Waals surface area contributed by atoms with Gasteiger partial charge < -0.3 is 23.8 Å². The molecule has 1 aromatic rings. The molecule has 0 atom stereocenters. The maximum Gasteiger partial charge on any atom is 0.573 e. The lowest BCUT2D eigenvalue weighted by Crippen LogP contribution is -2.39. The molecule has 148 valence electrons. The van der Waals surface area contributed by atoms with Gasteiger partial charge in [-0.1, -0.05) is 27.5 Å². The summed E-state index contributed by atoms with van der Waals surface area (Å²) in [4.78, 5) is 25.2. The SMILES string of the molecule is COC(=O)C1=C(C(=O)OC)N(c2c(Cl)cc(Br)cc2OC(F)(F)F)COC1. The number of hydrogen-bond donors (Lipinski definition) is 0.